The number of carbonyl (C=O) groups excluding carboxylic acids is 2. The first-order chi connectivity index (χ1) is 17.3. The predicted molar refractivity (Wildman–Crippen MR) is 130 cm³/mol. The topological polar surface area (TPSA) is 121 Å². The zero-order valence-electron chi connectivity index (χ0n) is 18.5. The van der Waals surface area contributed by atoms with Crippen molar-refractivity contribution in [3.8, 4) is 5.75 Å². The number of aromatic hydroxyl groups is 1. The molecule has 2 N–H and O–H groups in total. The van der Waals surface area contributed by atoms with E-state index in [2.05, 4.69) is 0 Å². The fourth-order valence-corrected chi connectivity index (χ4v) is 4.47. The number of Topliss-reactive ketones (excluding diaryl/α,β-unsaturated/α-hetero) is 1. The molecule has 1 aliphatic heterocycles. The number of fused-ring (bicyclic) bond motifs is 1. The number of phenols is 1. The molecule has 0 spiro atoms. The summed E-state index contributed by atoms with van der Waals surface area (Å²) in [6, 6.07) is 19.3. The molecular formula is C27H17FN2O6. The van der Waals surface area contributed by atoms with Crippen molar-refractivity contribution in [1.29, 1.82) is 0 Å². The molecule has 0 aromatic heterocycles. The molecule has 1 fully saturated rings. The van der Waals surface area contributed by atoms with Gasteiger partial charge >= 0.3 is 5.69 Å². The number of hydrogen-bond donors (Lipinski definition) is 2. The lowest BCUT2D eigenvalue weighted by atomic mass is 9.93. The van der Waals surface area contributed by atoms with Gasteiger partial charge in [-0.15, -0.1) is 0 Å². The van der Waals surface area contributed by atoms with Crippen LogP contribution in [0.25, 0.3) is 16.5 Å². The normalized spacial score (nSPS) is 17.0. The summed E-state index contributed by atoms with van der Waals surface area (Å²) < 4.78 is 14.1. The summed E-state index contributed by atoms with van der Waals surface area (Å²) in [6.45, 7) is 0. The predicted octanol–water partition coefficient (Wildman–Crippen LogP) is 5.22. The van der Waals surface area contributed by atoms with Crippen LogP contribution in [0.4, 0.5) is 15.8 Å². The van der Waals surface area contributed by atoms with Crippen molar-refractivity contribution < 1.29 is 29.1 Å². The lowest BCUT2D eigenvalue weighted by Gasteiger charge is -2.25. The second-order valence-electron chi connectivity index (χ2n) is 8.18. The van der Waals surface area contributed by atoms with Crippen LogP contribution in [0.1, 0.15) is 17.2 Å². The Kier molecular flexibility index (Phi) is 5.44. The molecule has 0 aliphatic carbocycles. The van der Waals surface area contributed by atoms with Gasteiger partial charge in [-0.2, -0.15) is 0 Å². The van der Waals surface area contributed by atoms with Gasteiger partial charge in [-0.05, 0) is 40.6 Å². The van der Waals surface area contributed by atoms with Gasteiger partial charge in [0.2, 0.25) is 0 Å². The van der Waals surface area contributed by atoms with Gasteiger partial charge in [-0.1, -0.05) is 54.6 Å². The molecule has 0 radical (unpaired) electrons. The van der Waals surface area contributed by atoms with Crippen molar-refractivity contribution in [2.45, 2.75) is 6.04 Å². The van der Waals surface area contributed by atoms with E-state index in [1.165, 1.54) is 18.2 Å². The SMILES string of the molecule is O=C1C(=O)N(c2cccc(F)c2)C(c2ccc(O)c([N+](=O)[O-])c2)/C1=C(\O)c1cccc2ccccc12. The van der Waals surface area contributed by atoms with Crippen LogP contribution < -0.4 is 4.90 Å². The molecule has 8 nitrogen and oxygen atoms in total. The van der Waals surface area contributed by atoms with Gasteiger partial charge in [0.15, 0.2) is 5.75 Å². The number of rotatable bonds is 4. The van der Waals surface area contributed by atoms with E-state index in [1.807, 2.05) is 18.2 Å². The van der Waals surface area contributed by atoms with E-state index in [0.717, 1.165) is 34.6 Å². The standard InChI is InChI=1S/C27H17FN2O6/c28-17-7-4-8-18(14-17)29-24(16-11-12-22(31)21(13-16)30(35)36)23(26(33)27(29)34)25(32)20-10-3-6-15-5-1-2-9-19(15)20/h1-14,24,31-32H/b25-23+. The van der Waals surface area contributed by atoms with Crippen LogP contribution in [-0.4, -0.2) is 26.8 Å². The molecule has 5 rings (SSSR count). The van der Waals surface area contributed by atoms with Crippen molar-refractivity contribution in [2.24, 2.45) is 0 Å². The van der Waals surface area contributed by atoms with Gasteiger partial charge in [-0.25, -0.2) is 4.39 Å². The Hall–Kier alpha value is -5.05. The van der Waals surface area contributed by atoms with E-state index in [-0.39, 0.29) is 22.4 Å². The van der Waals surface area contributed by atoms with Crippen molar-refractivity contribution in [3.63, 3.8) is 0 Å². The first-order valence-corrected chi connectivity index (χ1v) is 10.8. The zero-order valence-corrected chi connectivity index (χ0v) is 18.5. The molecule has 1 heterocycles. The van der Waals surface area contributed by atoms with Gasteiger partial charge < -0.3 is 10.2 Å². The summed E-state index contributed by atoms with van der Waals surface area (Å²) in [4.78, 5) is 38.2. The summed E-state index contributed by atoms with van der Waals surface area (Å²) in [6.07, 6.45) is 0. The fourth-order valence-electron chi connectivity index (χ4n) is 4.47. The third-order valence-corrected chi connectivity index (χ3v) is 6.09. The smallest absolute Gasteiger partial charge is 0.311 e. The van der Waals surface area contributed by atoms with Crippen molar-refractivity contribution in [1.82, 2.24) is 0 Å². The minimum absolute atomic E-state index is 0.0230. The number of anilines is 1. The number of halogens is 1. The third-order valence-electron chi connectivity index (χ3n) is 6.09. The number of aliphatic hydroxyl groups is 1. The Bertz CT molecular complexity index is 1610. The molecule has 9 heteroatoms. The number of carbonyl (C=O) groups is 2. The summed E-state index contributed by atoms with van der Waals surface area (Å²) >= 11 is 0. The quantitative estimate of drug-likeness (QED) is 0.135. The molecule has 36 heavy (non-hydrogen) atoms. The molecule has 178 valence electrons. The maximum absolute atomic E-state index is 14.1. The minimum atomic E-state index is -1.33. The Labute approximate surface area is 203 Å². The number of hydrogen-bond acceptors (Lipinski definition) is 6. The van der Waals surface area contributed by atoms with Gasteiger partial charge in [0, 0.05) is 17.3 Å². The molecule has 1 unspecified atom stereocenters. The largest absolute Gasteiger partial charge is 0.507 e. The maximum Gasteiger partial charge on any atom is 0.311 e. The molecule has 0 bridgehead atoms. The number of ketones is 1. The summed E-state index contributed by atoms with van der Waals surface area (Å²) in [5, 5.41) is 34.2. The molecule has 1 atom stereocenters. The summed E-state index contributed by atoms with van der Waals surface area (Å²) in [5.74, 6) is -3.84. The van der Waals surface area contributed by atoms with E-state index >= 15 is 0 Å². The number of nitrogens with zero attached hydrogens (tertiary/aromatic N) is 2. The van der Waals surface area contributed by atoms with Gasteiger partial charge in [0.1, 0.15) is 11.6 Å². The van der Waals surface area contributed by atoms with Crippen LogP contribution in [0.3, 0.4) is 0 Å². The Balaban J connectivity index is 1.81. The average Bonchev–Trinajstić information content (AvgIpc) is 3.13. The van der Waals surface area contributed by atoms with E-state index in [9.17, 15) is 34.3 Å². The molecule has 4 aromatic carbocycles. The molecule has 1 aliphatic rings. The van der Waals surface area contributed by atoms with E-state index in [4.69, 9.17) is 0 Å². The van der Waals surface area contributed by atoms with Crippen LogP contribution in [0, 0.1) is 15.9 Å². The number of amides is 1. The molecule has 1 saturated heterocycles. The summed E-state index contributed by atoms with van der Waals surface area (Å²) in [7, 11) is 0. The fraction of sp³-hybridized carbons (Fsp3) is 0.0370. The van der Waals surface area contributed by atoms with E-state index < -0.39 is 45.7 Å². The zero-order chi connectivity index (χ0) is 25.6. The van der Waals surface area contributed by atoms with Crippen LogP contribution in [0.5, 0.6) is 5.75 Å². The number of aliphatic hydroxyl groups excluding tert-OH is 1. The molecule has 1 amide bonds. The van der Waals surface area contributed by atoms with Crippen LogP contribution >= 0.6 is 0 Å². The van der Waals surface area contributed by atoms with Crippen molar-refractivity contribution >= 4 is 39.6 Å². The first kappa shape index (κ1) is 22.7. The minimum Gasteiger partial charge on any atom is -0.507 e. The monoisotopic (exact) mass is 484 g/mol. The molecule has 4 aromatic rings. The molecule has 0 saturated carbocycles. The number of benzene rings is 4. The Morgan fingerprint density at radius 1 is 0.944 bits per heavy atom. The number of nitro benzene ring substituents is 1. The number of nitro groups is 1. The second-order valence-corrected chi connectivity index (χ2v) is 8.18. The van der Waals surface area contributed by atoms with Gasteiger partial charge in [-0.3, -0.25) is 24.6 Å². The highest BCUT2D eigenvalue weighted by Crippen LogP contribution is 2.44. The summed E-state index contributed by atoms with van der Waals surface area (Å²) in [5.41, 5.74) is -0.591. The lowest BCUT2D eigenvalue weighted by Crippen LogP contribution is -2.29. The van der Waals surface area contributed by atoms with Gasteiger partial charge in [0.25, 0.3) is 11.7 Å². The number of phenolic OH excluding ortho intramolecular Hbond substituents is 1. The molecular weight excluding hydrogens is 467 g/mol. The first-order valence-electron chi connectivity index (χ1n) is 10.8. The third kappa shape index (κ3) is 3.63. The highest BCUT2D eigenvalue weighted by Gasteiger charge is 2.47. The highest BCUT2D eigenvalue weighted by atomic mass is 19.1. The van der Waals surface area contributed by atoms with Gasteiger partial charge in [0.05, 0.1) is 16.5 Å². The van der Waals surface area contributed by atoms with Crippen LogP contribution in [-0.2, 0) is 9.59 Å². The lowest BCUT2D eigenvalue weighted by molar-refractivity contribution is -0.385. The van der Waals surface area contributed by atoms with Crippen molar-refractivity contribution in [3.05, 3.63) is 118 Å². The highest BCUT2D eigenvalue weighted by molar-refractivity contribution is 6.51. The Morgan fingerprint density at radius 3 is 2.42 bits per heavy atom. The van der Waals surface area contributed by atoms with Crippen molar-refractivity contribution in [2.75, 3.05) is 4.90 Å². The maximum atomic E-state index is 14.1. The average molecular weight is 484 g/mol. The van der Waals surface area contributed by atoms with Crippen LogP contribution in [0.2, 0.25) is 0 Å². The van der Waals surface area contributed by atoms with E-state index in [1.54, 1.807) is 24.3 Å². The Morgan fingerprint density at radius 2 is 1.67 bits per heavy atom. The van der Waals surface area contributed by atoms with Crippen LogP contribution in [0.15, 0.2) is 90.5 Å². The second kappa shape index (κ2) is 8.62. The van der Waals surface area contributed by atoms with E-state index in [0.29, 0.717) is 5.39 Å².